The third-order valence-corrected chi connectivity index (χ3v) is 7.12. The molecule has 2 aromatic rings. The summed E-state index contributed by atoms with van der Waals surface area (Å²) in [5.41, 5.74) is 2.47. The Morgan fingerprint density at radius 1 is 0.781 bits per heavy atom. The third kappa shape index (κ3) is 3.95. The maximum Gasteiger partial charge on any atom is 0.253 e. The van der Waals surface area contributed by atoms with E-state index in [0.717, 1.165) is 45.3 Å². The lowest BCUT2D eigenvalue weighted by Crippen LogP contribution is -2.48. The second kappa shape index (κ2) is 8.87. The van der Waals surface area contributed by atoms with Gasteiger partial charge in [0, 0.05) is 38.3 Å². The molecule has 2 saturated heterocycles. The summed E-state index contributed by atoms with van der Waals surface area (Å²) in [5.74, 6) is -0.472. The minimum Gasteiger partial charge on any atom is -0.336 e. The smallest absolute Gasteiger partial charge is 0.253 e. The SMILES string of the molecule is O=C(c1ccc(N2C(=O)C3CCCCC3C2=O)cc1)N1CCN(Cc2ccccc2)CC1. The van der Waals surface area contributed by atoms with Crippen LogP contribution in [0.5, 0.6) is 0 Å². The van der Waals surface area contributed by atoms with E-state index in [-0.39, 0.29) is 29.6 Å². The number of fused-ring (bicyclic) bond motifs is 1. The van der Waals surface area contributed by atoms with Crippen molar-refractivity contribution in [2.45, 2.75) is 32.2 Å². The molecule has 5 rings (SSSR count). The Morgan fingerprint density at radius 3 is 1.97 bits per heavy atom. The number of piperazine rings is 1. The topological polar surface area (TPSA) is 60.9 Å². The van der Waals surface area contributed by atoms with Crippen LogP contribution in [0.4, 0.5) is 5.69 Å². The van der Waals surface area contributed by atoms with Crippen molar-refractivity contribution in [2.75, 3.05) is 31.1 Å². The first-order valence-corrected chi connectivity index (χ1v) is 11.7. The number of imide groups is 1. The van der Waals surface area contributed by atoms with Crippen molar-refractivity contribution in [1.82, 2.24) is 9.80 Å². The van der Waals surface area contributed by atoms with Crippen molar-refractivity contribution in [3.8, 4) is 0 Å². The summed E-state index contributed by atoms with van der Waals surface area (Å²) in [5, 5.41) is 0. The number of carbonyl (C=O) groups is 3. The van der Waals surface area contributed by atoms with Crippen molar-refractivity contribution < 1.29 is 14.4 Å². The van der Waals surface area contributed by atoms with Crippen LogP contribution in [0.1, 0.15) is 41.6 Å². The molecule has 2 unspecified atom stereocenters. The van der Waals surface area contributed by atoms with E-state index in [2.05, 4.69) is 29.2 Å². The number of amides is 3. The Labute approximate surface area is 188 Å². The Balaban J connectivity index is 1.21. The fourth-order valence-electron chi connectivity index (χ4n) is 5.30. The van der Waals surface area contributed by atoms with Crippen LogP contribution in [0, 0.1) is 11.8 Å². The molecule has 6 heteroatoms. The molecule has 0 radical (unpaired) electrons. The van der Waals surface area contributed by atoms with Crippen LogP contribution in [-0.4, -0.2) is 53.7 Å². The molecule has 0 aromatic heterocycles. The number of carbonyl (C=O) groups excluding carboxylic acids is 3. The van der Waals surface area contributed by atoms with Gasteiger partial charge in [0.25, 0.3) is 5.91 Å². The van der Waals surface area contributed by atoms with Crippen LogP contribution < -0.4 is 4.90 Å². The molecule has 3 amide bonds. The molecule has 166 valence electrons. The fourth-order valence-corrected chi connectivity index (χ4v) is 5.30. The summed E-state index contributed by atoms with van der Waals surface area (Å²) in [6, 6.07) is 17.4. The van der Waals surface area contributed by atoms with Gasteiger partial charge in [-0.15, -0.1) is 0 Å². The van der Waals surface area contributed by atoms with Crippen molar-refractivity contribution >= 4 is 23.4 Å². The predicted molar refractivity (Wildman–Crippen MR) is 122 cm³/mol. The first kappa shape index (κ1) is 20.9. The van der Waals surface area contributed by atoms with Crippen molar-refractivity contribution in [3.63, 3.8) is 0 Å². The van der Waals surface area contributed by atoms with Crippen LogP contribution in [0.2, 0.25) is 0 Å². The van der Waals surface area contributed by atoms with Gasteiger partial charge in [0.05, 0.1) is 17.5 Å². The Kier molecular flexibility index (Phi) is 5.79. The van der Waals surface area contributed by atoms with E-state index < -0.39 is 0 Å². The zero-order valence-electron chi connectivity index (χ0n) is 18.3. The molecule has 3 aliphatic rings. The van der Waals surface area contributed by atoms with Crippen LogP contribution >= 0.6 is 0 Å². The number of hydrogen-bond acceptors (Lipinski definition) is 4. The number of anilines is 1. The lowest BCUT2D eigenvalue weighted by atomic mass is 9.81. The van der Waals surface area contributed by atoms with Gasteiger partial charge in [-0.3, -0.25) is 24.2 Å². The predicted octanol–water partition coefficient (Wildman–Crippen LogP) is 3.32. The van der Waals surface area contributed by atoms with Gasteiger partial charge < -0.3 is 4.90 Å². The summed E-state index contributed by atoms with van der Waals surface area (Å²) in [4.78, 5) is 44.2. The highest BCUT2D eigenvalue weighted by molar-refractivity contribution is 6.22. The molecule has 1 aliphatic carbocycles. The first-order chi connectivity index (χ1) is 15.6. The van der Waals surface area contributed by atoms with Gasteiger partial charge in [0.2, 0.25) is 11.8 Å². The molecule has 32 heavy (non-hydrogen) atoms. The van der Waals surface area contributed by atoms with Gasteiger partial charge in [-0.2, -0.15) is 0 Å². The molecule has 2 heterocycles. The first-order valence-electron chi connectivity index (χ1n) is 11.7. The van der Waals surface area contributed by atoms with E-state index in [0.29, 0.717) is 24.3 Å². The van der Waals surface area contributed by atoms with Crippen LogP contribution in [0.15, 0.2) is 54.6 Å². The highest BCUT2D eigenvalue weighted by Gasteiger charge is 2.48. The van der Waals surface area contributed by atoms with Crippen molar-refractivity contribution in [3.05, 3.63) is 65.7 Å². The second-order valence-corrected chi connectivity index (χ2v) is 9.11. The van der Waals surface area contributed by atoms with Gasteiger partial charge in [0.1, 0.15) is 0 Å². The summed E-state index contributed by atoms with van der Waals surface area (Å²) >= 11 is 0. The number of rotatable bonds is 4. The van der Waals surface area contributed by atoms with E-state index in [1.807, 2.05) is 11.0 Å². The van der Waals surface area contributed by atoms with Gasteiger partial charge in [-0.25, -0.2) is 0 Å². The van der Waals surface area contributed by atoms with E-state index in [9.17, 15) is 14.4 Å². The summed E-state index contributed by atoms with van der Waals surface area (Å²) < 4.78 is 0. The Bertz CT molecular complexity index is 973. The maximum atomic E-state index is 13.0. The maximum absolute atomic E-state index is 13.0. The average molecular weight is 432 g/mol. The van der Waals surface area contributed by atoms with Crippen molar-refractivity contribution in [2.24, 2.45) is 11.8 Å². The van der Waals surface area contributed by atoms with Crippen LogP contribution in [-0.2, 0) is 16.1 Å². The highest BCUT2D eigenvalue weighted by Crippen LogP contribution is 2.40. The summed E-state index contributed by atoms with van der Waals surface area (Å²) in [6.07, 6.45) is 3.64. The Morgan fingerprint density at radius 2 is 1.38 bits per heavy atom. The molecule has 2 aromatic carbocycles. The van der Waals surface area contributed by atoms with Gasteiger partial charge in [-0.1, -0.05) is 43.2 Å². The third-order valence-electron chi connectivity index (χ3n) is 7.12. The lowest BCUT2D eigenvalue weighted by molar-refractivity contribution is -0.122. The summed E-state index contributed by atoms with van der Waals surface area (Å²) in [7, 11) is 0. The van der Waals surface area contributed by atoms with E-state index in [4.69, 9.17) is 0 Å². The quantitative estimate of drug-likeness (QED) is 0.697. The highest BCUT2D eigenvalue weighted by atomic mass is 16.2. The molecule has 0 bridgehead atoms. The van der Waals surface area contributed by atoms with Crippen molar-refractivity contribution in [1.29, 1.82) is 0 Å². The Hall–Kier alpha value is -2.99. The van der Waals surface area contributed by atoms with Crippen LogP contribution in [0.3, 0.4) is 0 Å². The second-order valence-electron chi connectivity index (χ2n) is 9.11. The van der Waals surface area contributed by atoms with Crippen LogP contribution in [0.25, 0.3) is 0 Å². The van der Waals surface area contributed by atoms with Gasteiger partial charge in [0.15, 0.2) is 0 Å². The average Bonchev–Trinajstić information content (AvgIpc) is 3.10. The molecular weight excluding hydrogens is 402 g/mol. The van der Waals surface area contributed by atoms with Gasteiger partial charge >= 0.3 is 0 Å². The molecule has 3 fully saturated rings. The van der Waals surface area contributed by atoms with Gasteiger partial charge in [-0.05, 0) is 42.7 Å². The number of benzene rings is 2. The zero-order chi connectivity index (χ0) is 22.1. The largest absolute Gasteiger partial charge is 0.336 e. The molecule has 0 spiro atoms. The number of nitrogens with zero attached hydrogens (tertiary/aromatic N) is 3. The number of hydrogen-bond donors (Lipinski definition) is 0. The van der Waals surface area contributed by atoms with E-state index in [1.165, 1.54) is 10.5 Å². The monoisotopic (exact) mass is 431 g/mol. The minimum atomic E-state index is -0.162. The summed E-state index contributed by atoms with van der Waals surface area (Å²) in [6.45, 7) is 3.98. The molecular formula is C26H29N3O3. The standard InChI is InChI=1S/C26H29N3O3/c30-24(28-16-14-27(15-17-28)18-19-6-2-1-3-7-19)20-10-12-21(13-11-20)29-25(31)22-8-4-5-9-23(22)26(29)32/h1-3,6-7,10-13,22-23H,4-5,8-9,14-18H2. The molecule has 1 saturated carbocycles. The molecule has 0 N–H and O–H groups in total. The van der Waals surface area contributed by atoms with E-state index >= 15 is 0 Å². The van der Waals surface area contributed by atoms with E-state index in [1.54, 1.807) is 24.3 Å². The molecule has 6 nitrogen and oxygen atoms in total. The fraction of sp³-hybridized carbons (Fsp3) is 0.423. The minimum absolute atomic E-state index is 0.00338. The normalized spacial score (nSPS) is 24.0. The lowest BCUT2D eigenvalue weighted by Gasteiger charge is -2.34. The zero-order valence-corrected chi connectivity index (χ0v) is 18.3. The molecule has 2 aliphatic heterocycles. The molecule has 2 atom stereocenters.